The van der Waals surface area contributed by atoms with Gasteiger partial charge in [0.1, 0.15) is 293 Å². The third kappa shape index (κ3) is 24.5. The summed E-state index contributed by atoms with van der Waals surface area (Å²) in [7, 11) is 0. The van der Waals surface area contributed by atoms with Gasteiger partial charge in [-0.15, -0.1) is 0 Å². The van der Waals surface area contributed by atoms with Crippen molar-refractivity contribution < 1.29 is 302 Å². The summed E-state index contributed by atoms with van der Waals surface area (Å²) in [5.74, 6) is -1.87. The molecule has 0 spiro atoms. The highest BCUT2D eigenvalue weighted by molar-refractivity contribution is 5.73. The number of aliphatic hydroxyl groups excluding tert-OH is 36. The summed E-state index contributed by atoms with van der Waals surface area (Å²) in [5.41, 5.74) is 0. The minimum Gasteiger partial charge on any atom is -0.394 e. The summed E-state index contributed by atoms with van der Waals surface area (Å²) < 4.78 is 137. The molecule has 63 heteroatoms. The summed E-state index contributed by atoms with van der Waals surface area (Å²) in [6, 6.07) is -3.79. The Morgan fingerprint density at radius 3 is 0.777 bits per heavy atom. The SMILES string of the molecule is CC(=O)N[C@@H]1[C@@H](O)[C@H](O[C@@H]2O[C@H](CO)[C@@H](O[C@@H]3O[C@H](CO[C@H]4O[C@H](CO[C@H]5O[C@H](CO)[C@@H](O)[C@H](O)[C@@H]5O[C@H]5O[C@H](CO)[C@@H](O)[C@H](O)[C@@H]5O)[C@@H](O)[C@H](O[C@H]5O[C@H](CO)[C@@H](O)[C@H](O)[C@@H]5O[C@H]5O[C@H](CO)[C@@H](O)[C@H](O)[C@@H]5O)[C@@H]4O)[C@@H](O)[C@H](O[C@H]4O[C@H](CO)[C@@H](O)[C@H](O)[C@@H]4O[C@H]4O[C@H](CO)[C@@H](O)[C@H](O[C@H]5O[C@H](CO)[C@H](O)[C@H](O)[C@H]5O)[C@@H]4O[C@H]4O[C@H](CO)[C@@H](O)[C@H](O)[C@@H]4O)[C@@H]3O)[C@H](O)[C@H]2NC(C)=O)[C@@H](CO)O[C@H]1O. The highest BCUT2D eigenvalue weighted by Gasteiger charge is 2.64. The molecule has 0 aromatic rings. The molecule has 0 bridgehead atoms. The number of carbonyl (C=O) groups excluding carboxylic acids is 2. The van der Waals surface area contributed by atoms with Crippen molar-refractivity contribution in [3.63, 3.8) is 0 Å². The minimum absolute atomic E-state index is 0.844. The molecule has 12 heterocycles. The predicted molar refractivity (Wildman–Crippen MR) is 418 cm³/mol. The maximum absolute atomic E-state index is 13.2. The monoisotopic (exact) mass is 2040 g/mol. The molecule has 63 nitrogen and oxygen atoms in total. The van der Waals surface area contributed by atoms with Crippen molar-refractivity contribution in [2.45, 2.75) is 382 Å². The maximum atomic E-state index is 13.2. The zero-order valence-electron chi connectivity index (χ0n) is 73.4. The van der Waals surface area contributed by atoms with E-state index in [-0.39, 0.29) is 0 Å². The third-order valence-electron chi connectivity index (χ3n) is 25.9. The van der Waals surface area contributed by atoms with Gasteiger partial charge in [-0.05, 0) is 0 Å². The topological polar surface area (TPSA) is 999 Å². The van der Waals surface area contributed by atoms with Crippen LogP contribution < -0.4 is 10.6 Å². The zero-order chi connectivity index (χ0) is 102. The van der Waals surface area contributed by atoms with E-state index < -0.39 is 459 Å². The van der Waals surface area contributed by atoms with Gasteiger partial charge in [0.25, 0.3) is 0 Å². The summed E-state index contributed by atoms with van der Waals surface area (Å²) in [4.78, 5) is 25.5. The number of aliphatic hydroxyl groups is 36. The maximum Gasteiger partial charge on any atom is 0.217 e. The second-order valence-electron chi connectivity index (χ2n) is 35.2. The average Bonchev–Trinajstić information content (AvgIpc) is 0.767. The Kier molecular flexibility index (Phi) is 41.0. The van der Waals surface area contributed by atoms with Gasteiger partial charge in [-0.1, -0.05) is 0 Å². The molecule has 0 radical (unpaired) electrons. The van der Waals surface area contributed by atoms with E-state index in [1.807, 2.05) is 0 Å². The van der Waals surface area contributed by atoms with Gasteiger partial charge in [0, 0.05) is 13.8 Å². The van der Waals surface area contributed by atoms with Crippen LogP contribution in [0.1, 0.15) is 13.8 Å². The quantitative estimate of drug-likeness (QED) is 0.0277. The van der Waals surface area contributed by atoms with Crippen molar-refractivity contribution >= 4 is 11.8 Å². The second-order valence-corrected chi connectivity index (χ2v) is 35.2. The van der Waals surface area contributed by atoms with E-state index in [0.29, 0.717) is 0 Å². The molecule has 12 saturated heterocycles. The molecule has 808 valence electrons. The smallest absolute Gasteiger partial charge is 0.217 e. The van der Waals surface area contributed by atoms with Gasteiger partial charge < -0.3 is 303 Å². The Labute approximate surface area is 784 Å². The lowest BCUT2D eigenvalue weighted by atomic mass is 9.94. The van der Waals surface area contributed by atoms with Crippen molar-refractivity contribution in [3.8, 4) is 0 Å². The van der Waals surface area contributed by atoms with Crippen LogP contribution in [0.2, 0.25) is 0 Å². The Morgan fingerprint density at radius 2 is 0.410 bits per heavy atom. The van der Waals surface area contributed by atoms with Crippen molar-refractivity contribution in [2.75, 3.05) is 79.3 Å². The Balaban J connectivity index is 0.927. The first kappa shape index (κ1) is 114. The molecular formula is C76H128N2O61. The molecule has 12 aliphatic heterocycles. The number of carbonyl (C=O) groups is 2. The van der Waals surface area contributed by atoms with Crippen LogP contribution in [0, 0.1) is 0 Å². The van der Waals surface area contributed by atoms with Crippen LogP contribution in [0.5, 0.6) is 0 Å². The molecule has 12 aliphatic rings. The number of nitrogens with one attached hydrogen (secondary N) is 2. The molecule has 12 rings (SSSR count). The number of rotatable bonds is 36. The van der Waals surface area contributed by atoms with Gasteiger partial charge >= 0.3 is 0 Å². The molecule has 60 atom stereocenters. The van der Waals surface area contributed by atoms with Crippen LogP contribution in [0.4, 0.5) is 0 Å². The normalized spacial score (nSPS) is 51.9. The molecule has 0 saturated carbocycles. The first-order valence-electron chi connectivity index (χ1n) is 44.2. The molecule has 2 amide bonds. The minimum atomic E-state index is -2.78. The summed E-state index contributed by atoms with van der Waals surface area (Å²) in [6.07, 6.45) is -132. The first-order valence-corrected chi connectivity index (χ1v) is 44.2. The van der Waals surface area contributed by atoms with Crippen molar-refractivity contribution in [1.29, 1.82) is 0 Å². The van der Waals surface area contributed by atoms with E-state index in [4.69, 9.17) is 109 Å². The van der Waals surface area contributed by atoms with Crippen LogP contribution in [0.15, 0.2) is 0 Å². The molecule has 12 fully saturated rings. The number of hydrogen-bond donors (Lipinski definition) is 38. The third-order valence-corrected chi connectivity index (χ3v) is 25.9. The van der Waals surface area contributed by atoms with Crippen LogP contribution >= 0.6 is 0 Å². The Morgan fingerprint density at radius 1 is 0.187 bits per heavy atom. The van der Waals surface area contributed by atoms with Crippen LogP contribution in [-0.4, -0.2) is 643 Å². The van der Waals surface area contributed by atoms with Crippen molar-refractivity contribution in [2.24, 2.45) is 0 Å². The highest BCUT2D eigenvalue weighted by Crippen LogP contribution is 2.43. The zero-order valence-corrected chi connectivity index (χ0v) is 73.4. The Bertz CT molecular complexity index is 3730. The van der Waals surface area contributed by atoms with Crippen molar-refractivity contribution in [1.82, 2.24) is 10.6 Å². The van der Waals surface area contributed by atoms with E-state index in [1.165, 1.54) is 0 Å². The van der Waals surface area contributed by atoms with E-state index >= 15 is 0 Å². The fourth-order valence-corrected chi connectivity index (χ4v) is 17.9. The molecule has 0 aromatic heterocycles. The molecule has 0 unspecified atom stereocenters. The van der Waals surface area contributed by atoms with E-state index in [1.54, 1.807) is 0 Å². The van der Waals surface area contributed by atoms with Gasteiger partial charge in [-0.25, -0.2) is 0 Å². The van der Waals surface area contributed by atoms with E-state index in [2.05, 4.69) is 10.6 Å². The standard InChI is InChI=1S/C76H128N2O61/c1-15(89)77-29-41(101)56(25(11-87)119-65(29)116)131-66-30(78-16(2)90)42(102)57(26(12-88)128-66)132-72-55(115)59(134-75-63(49(109)37(97)23(9-85)126-75)138-76-64(139-71-53(113)46(106)34(94)20(6-82)123-71)60(38(98)24(10-86)127-76)135-68-50(110)43(103)31(91)17(3-79)120-68)40(100)28(130-72)13-117-67-54(114)58(133-74-62(48(108)36(96)22(8-84)125-74)137-70-52(112)45(105)33(93)19(5-81)122-70)39(99)27(129-67)14-118-73-61(47(107)35(95)21(7-83)124-73)136-69-51(111)44(104)32(92)18(4-80)121-69/h17-76,79-88,91-116H,3-14H2,1-2H3,(H,77,89)(H,78,90)/t17-,18-,19-,20-,21-,22-,23-,24-,25-,26-,27-,28-,29-,30-,31+,32-,33-,34-,35-,36-,37-,38-,39-,40-,41-,42-,43+,44+,45+,46+,47+,48+,49+,50-,51+,52+,53+,54+,55+,56-,57-,58+,59+,60+,61+,62+,63+,64+,65-,66+,67+,68-,69-,70-,71-,72+,73+,74-,75-,76-/m1/s1. The predicted octanol–water partition coefficient (Wildman–Crippen LogP) is -26.9. The average molecular weight is 2050 g/mol. The number of ether oxygens (including phenoxy) is 23. The molecule has 0 aromatic carbocycles. The van der Waals surface area contributed by atoms with Crippen LogP contribution in [0.3, 0.4) is 0 Å². The van der Waals surface area contributed by atoms with Gasteiger partial charge in [-0.3, -0.25) is 9.59 Å². The lowest BCUT2D eigenvalue weighted by molar-refractivity contribution is -0.417. The molecule has 38 N–H and O–H groups in total. The second kappa shape index (κ2) is 49.8. The summed E-state index contributed by atoms with van der Waals surface area (Å²) in [5, 5.41) is 409. The first-order chi connectivity index (χ1) is 65.9. The number of hydrogen-bond acceptors (Lipinski definition) is 61. The fraction of sp³-hybridized carbons (Fsp3) is 0.974. The summed E-state index contributed by atoms with van der Waals surface area (Å²) in [6.45, 7) is -12.6. The van der Waals surface area contributed by atoms with E-state index in [0.717, 1.165) is 13.8 Å². The van der Waals surface area contributed by atoms with E-state index in [9.17, 15) is 193 Å². The van der Waals surface area contributed by atoms with Gasteiger partial charge in [0.05, 0.1) is 79.3 Å². The van der Waals surface area contributed by atoms with Crippen molar-refractivity contribution in [3.05, 3.63) is 0 Å². The van der Waals surface area contributed by atoms with Gasteiger partial charge in [0.15, 0.2) is 75.5 Å². The molecule has 0 aliphatic carbocycles. The highest BCUT2D eigenvalue weighted by atomic mass is 16.8. The largest absolute Gasteiger partial charge is 0.394 e. The summed E-state index contributed by atoms with van der Waals surface area (Å²) >= 11 is 0. The van der Waals surface area contributed by atoms with Crippen LogP contribution in [0.25, 0.3) is 0 Å². The van der Waals surface area contributed by atoms with Crippen LogP contribution in [-0.2, 0) is 119 Å². The van der Waals surface area contributed by atoms with Gasteiger partial charge in [0.2, 0.25) is 11.8 Å². The lowest BCUT2D eigenvalue weighted by Gasteiger charge is -2.51. The molecule has 139 heavy (non-hydrogen) atoms. The lowest BCUT2D eigenvalue weighted by Crippen LogP contribution is -2.70. The Hall–Kier alpha value is -3.42. The fourth-order valence-electron chi connectivity index (χ4n) is 17.9. The molecular weight excluding hydrogens is 1920 g/mol. The van der Waals surface area contributed by atoms with Gasteiger partial charge in [-0.2, -0.15) is 0 Å². The number of amides is 2.